The van der Waals surface area contributed by atoms with Crippen LogP contribution in [0, 0.1) is 5.92 Å². The molecule has 0 spiro atoms. The van der Waals surface area contributed by atoms with Gasteiger partial charge in [0.1, 0.15) is 5.75 Å². The van der Waals surface area contributed by atoms with Crippen molar-refractivity contribution >= 4 is 29.3 Å². The standard InChI is InChI=1S/C23H26N2O3S/c1-28-19-9-5-16(6-10-19)21-4-3-13-24(21)23(27)17-14-22(26)25(15-17)18-7-11-20(29-2)12-8-18/h5-12,17,21H,3-4,13-15H2,1-2H3/t17-,21+/m0/s1. The lowest BCUT2D eigenvalue weighted by molar-refractivity contribution is -0.136. The van der Waals surface area contributed by atoms with E-state index in [0.29, 0.717) is 6.54 Å². The van der Waals surface area contributed by atoms with Crippen molar-refractivity contribution in [1.29, 1.82) is 0 Å². The summed E-state index contributed by atoms with van der Waals surface area (Å²) in [6, 6.07) is 16.0. The van der Waals surface area contributed by atoms with Crippen LogP contribution in [0.5, 0.6) is 5.75 Å². The molecule has 2 aromatic carbocycles. The van der Waals surface area contributed by atoms with Crippen LogP contribution in [0.15, 0.2) is 53.4 Å². The molecule has 0 radical (unpaired) electrons. The van der Waals surface area contributed by atoms with Gasteiger partial charge in [-0.05, 0) is 61.1 Å². The number of nitrogens with zero attached hydrogens (tertiary/aromatic N) is 2. The highest BCUT2D eigenvalue weighted by atomic mass is 32.2. The fourth-order valence-corrected chi connectivity index (χ4v) is 4.73. The van der Waals surface area contributed by atoms with Crippen LogP contribution in [-0.4, -0.2) is 43.2 Å². The lowest BCUT2D eigenvalue weighted by Crippen LogP contribution is -2.37. The van der Waals surface area contributed by atoms with E-state index >= 15 is 0 Å². The van der Waals surface area contributed by atoms with Crippen molar-refractivity contribution in [3.05, 3.63) is 54.1 Å². The van der Waals surface area contributed by atoms with Gasteiger partial charge in [-0.3, -0.25) is 9.59 Å². The average Bonchev–Trinajstić information content (AvgIpc) is 3.40. The number of carbonyl (C=O) groups is 2. The molecule has 2 amide bonds. The molecule has 2 atom stereocenters. The van der Waals surface area contributed by atoms with Crippen molar-refractivity contribution in [3.8, 4) is 5.75 Å². The highest BCUT2D eigenvalue weighted by Crippen LogP contribution is 2.36. The third-order valence-electron chi connectivity index (χ3n) is 5.89. The van der Waals surface area contributed by atoms with E-state index in [9.17, 15) is 9.59 Å². The first-order valence-electron chi connectivity index (χ1n) is 9.99. The van der Waals surface area contributed by atoms with E-state index in [1.54, 1.807) is 23.8 Å². The smallest absolute Gasteiger partial charge is 0.228 e. The third-order valence-corrected chi connectivity index (χ3v) is 6.64. The topological polar surface area (TPSA) is 49.9 Å². The van der Waals surface area contributed by atoms with Crippen molar-refractivity contribution in [1.82, 2.24) is 4.90 Å². The molecule has 0 aliphatic carbocycles. The number of carbonyl (C=O) groups excluding carboxylic acids is 2. The number of hydrogen-bond donors (Lipinski definition) is 0. The molecule has 0 unspecified atom stereocenters. The molecule has 0 bridgehead atoms. The van der Waals surface area contributed by atoms with Gasteiger partial charge in [0.25, 0.3) is 0 Å². The van der Waals surface area contributed by atoms with Gasteiger partial charge in [0, 0.05) is 30.1 Å². The number of likely N-dealkylation sites (tertiary alicyclic amines) is 1. The highest BCUT2D eigenvalue weighted by molar-refractivity contribution is 7.98. The van der Waals surface area contributed by atoms with E-state index in [0.717, 1.165) is 41.3 Å². The van der Waals surface area contributed by atoms with Crippen LogP contribution in [0.2, 0.25) is 0 Å². The predicted molar refractivity (Wildman–Crippen MR) is 115 cm³/mol. The quantitative estimate of drug-likeness (QED) is 0.696. The maximum Gasteiger partial charge on any atom is 0.228 e. The number of rotatable bonds is 5. The normalized spacial score (nSPS) is 21.7. The van der Waals surface area contributed by atoms with Gasteiger partial charge in [-0.2, -0.15) is 0 Å². The molecule has 0 saturated carbocycles. The molecule has 6 heteroatoms. The molecule has 2 aliphatic rings. The highest BCUT2D eigenvalue weighted by Gasteiger charge is 2.40. The zero-order valence-corrected chi connectivity index (χ0v) is 17.7. The number of amides is 2. The molecule has 0 N–H and O–H groups in total. The van der Waals surface area contributed by atoms with Gasteiger partial charge < -0.3 is 14.5 Å². The molecular weight excluding hydrogens is 384 g/mol. The number of anilines is 1. The fourth-order valence-electron chi connectivity index (χ4n) is 4.32. The molecule has 4 rings (SSSR count). The number of hydrogen-bond acceptors (Lipinski definition) is 4. The Morgan fingerprint density at radius 2 is 1.83 bits per heavy atom. The Labute approximate surface area is 176 Å². The molecule has 29 heavy (non-hydrogen) atoms. The van der Waals surface area contributed by atoms with E-state index < -0.39 is 0 Å². The fraction of sp³-hybridized carbons (Fsp3) is 0.391. The van der Waals surface area contributed by atoms with Crippen LogP contribution in [-0.2, 0) is 9.59 Å². The monoisotopic (exact) mass is 410 g/mol. The van der Waals surface area contributed by atoms with Gasteiger partial charge in [0.15, 0.2) is 0 Å². The molecule has 2 aromatic rings. The summed E-state index contributed by atoms with van der Waals surface area (Å²) in [5, 5.41) is 0. The molecule has 2 saturated heterocycles. The first-order valence-corrected chi connectivity index (χ1v) is 11.2. The Bertz CT molecular complexity index is 882. The lowest BCUT2D eigenvalue weighted by atomic mass is 10.0. The molecule has 0 aromatic heterocycles. The van der Waals surface area contributed by atoms with Crippen LogP contribution in [0.3, 0.4) is 0 Å². The summed E-state index contributed by atoms with van der Waals surface area (Å²) < 4.78 is 5.24. The summed E-state index contributed by atoms with van der Waals surface area (Å²) in [5.74, 6) is 0.663. The number of thioether (sulfide) groups is 1. The minimum atomic E-state index is -0.276. The second kappa shape index (κ2) is 8.49. The largest absolute Gasteiger partial charge is 0.497 e. The summed E-state index contributed by atoms with van der Waals surface area (Å²) in [7, 11) is 1.65. The summed E-state index contributed by atoms with van der Waals surface area (Å²) in [4.78, 5) is 30.8. The SMILES string of the molecule is COc1ccc([C@H]2CCCN2C(=O)[C@H]2CC(=O)N(c3ccc(SC)cc3)C2)cc1. The van der Waals surface area contributed by atoms with Gasteiger partial charge in [0.2, 0.25) is 11.8 Å². The first-order chi connectivity index (χ1) is 14.1. The van der Waals surface area contributed by atoms with Crippen LogP contribution in [0.4, 0.5) is 5.69 Å². The third kappa shape index (κ3) is 3.99. The van der Waals surface area contributed by atoms with Gasteiger partial charge in [-0.15, -0.1) is 11.8 Å². The zero-order chi connectivity index (χ0) is 20.4. The summed E-state index contributed by atoms with van der Waals surface area (Å²) in [6.07, 6.45) is 4.26. The van der Waals surface area contributed by atoms with Crippen molar-refractivity contribution in [2.75, 3.05) is 31.4 Å². The van der Waals surface area contributed by atoms with Crippen molar-refractivity contribution in [2.45, 2.75) is 30.2 Å². The zero-order valence-electron chi connectivity index (χ0n) is 16.8. The number of ether oxygens (including phenoxy) is 1. The maximum atomic E-state index is 13.3. The van der Waals surface area contributed by atoms with Gasteiger partial charge in [0.05, 0.1) is 19.1 Å². The lowest BCUT2D eigenvalue weighted by Gasteiger charge is -2.28. The summed E-state index contributed by atoms with van der Waals surface area (Å²) >= 11 is 1.67. The predicted octanol–water partition coefficient (Wildman–Crippen LogP) is 4.13. The Hall–Kier alpha value is -2.47. The van der Waals surface area contributed by atoms with Crippen molar-refractivity contribution < 1.29 is 14.3 Å². The van der Waals surface area contributed by atoms with E-state index in [1.165, 1.54) is 0 Å². The molecule has 152 valence electrons. The van der Waals surface area contributed by atoms with Crippen molar-refractivity contribution in [3.63, 3.8) is 0 Å². The van der Waals surface area contributed by atoms with Crippen LogP contribution in [0.25, 0.3) is 0 Å². The molecule has 5 nitrogen and oxygen atoms in total. The minimum absolute atomic E-state index is 0.0282. The van der Waals surface area contributed by atoms with Gasteiger partial charge >= 0.3 is 0 Å². The Morgan fingerprint density at radius 3 is 2.48 bits per heavy atom. The molecular formula is C23H26N2O3S. The van der Waals surface area contributed by atoms with Crippen LogP contribution in [0.1, 0.15) is 30.9 Å². The molecule has 2 fully saturated rings. The second-order valence-corrected chi connectivity index (χ2v) is 8.45. The summed E-state index contributed by atoms with van der Waals surface area (Å²) in [5.41, 5.74) is 2.00. The molecule has 2 aliphatic heterocycles. The van der Waals surface area contributed by atoms with Crippen molar-refractivity contribution in [2.24, 2.45) is 5.92 Å². The van der Waals surface area contributed by atoms with Crippen LogP contribution >= 0.6 is 11.8 Å². The van der Waals surface area contributed by atoms with E-state index in [1.807, 2.05) is 59.7 Å². The Morgan fingerprint density at radius 1 is 1.10 bits per heavy atom. The minimum Gasteiger partial charge on any atom is -0.497 e. The first kappa shape index (κ1) is 19.8. The van der Waals surface area contributed by atoms with E-state index in [-0.39, 0.29) is 30.2 Å². The maximum absolute atomic E-state index is 13.3. The van der Waals surface area contributed by atoms with E-state index in [2.05, 4.69) is 0 Å². The summed E-state index contributed by atoms with van der Waals surface area (Å²) in [6.45, 7) is 1.21. The number of benzene rings is 2. The van der Waals surface area contributed by atoms with Gasteiger partial charge in [-0.25, -0.2) is 0 Å². The second-order valence-electron chi connectivity index (χ2n) is 7.57. The van der Waals surface area contributed by atoms with Crippen LogP contribution < -0.4 is 9.64 Å². The Kier molecular flexibility index (Phi) is 5.81. The average molecular weight is 411 g/mol. The number of methoxy groups -OCH3 is 1. The van der Waals surface area contributed by atoms with E-state index in [4.69, 9.17) is 4.74 Å². The van der Waals surface area contributed by atoms with Gasteiger partial charge in [-0.1, -0.05) is 12.1 Å². The Balaban J connectivity index is 1.47. The molecule has 2 heterocycles.